The summed E-state index contributed by atoms with van der Waals surface area (Å²) in [4.78, 5) is 25.9. The number of rotatable bonds is 8. The first-order chi connectivity index (χ1) is 14.5. The molecule has 0 saturated heterocycles. The van der Waals surface area contributed by atoms with Crippen LogP contribution in [0, 0.1) is 0 Å². The third-order valence-corrected chi connectivity index (χ3v) is 5.28. The van der Waals surface area contributed by atoms with Crippen LogP contribution in [-0.4, -0.2) is 43.3 Å². The van der Waals surface area contributed by atoms with Crippen molar-refractivity contribution in [1.29, 1.82) is 0 Å². The van der Waals surface area contributed by atoms with E-state index in [9.17, 15) is 14.7 Å². The van der Waals surface area contributed by atoms with Crippen molar-refractivity contribution in [3.63, 3.8) is 0 Å². The molecular formula is C23H29NO6. The van der Waals surface area contributed by atoms with E-state index in [4.69, 9.17) is 14.2 Å². The fraction of sp³-hybridized carbons (Fsp3) is 0.478. The number of aromatic hydroxyl groups is 1. The van der Waals surface area contributed by atoms with Gasteiger partial charge in [-0.2, -0.15) is 0 Å². The summed E-state index contributed by atoms with van der Waals surface area (Å²) < 4.78 is 16.2. The van der Waals surface area contributed by atoms with Gasteiger partial charge in [0.1, 0.15) is 6.61 Å². The van der Waals surface area contributed by atoms with Gasteiger partial charge in [-0.05, 0) is 51.3 Å². The van der Waals surface area contributed by atoms with Crippen molar-refractivity contribution >= 4 is 11.8 Å². The molecule has 2 aliphatic rings. The van der Waals surface area contributed by atoms with E-state index in [-0.39, 0.29) is 18.1 Å². The minimum atomic E-state index is -0.576. The zero-order valence-corrected chi connectivity index (χ0v) is 17.7. The number of ketones is 1. The number of ether oxygens (including phenoxy) is 3. The number of esters is 1. The minimum Gasteiger partial charge on any atom is -0.504 e. The van der Waals surface area contributed by atoms with E-state index in [2.05, 4.69) is 5.32 Å². The molecule has 30 heavy (non-hydrogen) atoms. The first kappa shape index (κ1) is 21.9. The van der Waals surface area contributed by atoms with Crippen LogP contribution >= 0.6 is 0 Å². The zero-order valence-electron chi connectivity index (χ0n) is 17.7. The molecule has 0 amide bonds. The Morgan fingerprint density at radius 2 is 2.00 bits per heavy atom. The van der Waals surface area contributed by atoms with Gasteiger partial charge < -0.3 is 24.6 Å². The zero-order chi connectivity index (χ0) is 21.7. The molecule has 0 spiro atoms. The molecule has 1 aliphatic heterocycles. The maximum atomic E-state index is 13.0. The van der Waals surface area contributed by atoms with E-state index in [1.807, 2.05) is 20.8 Å². The number of phenols is 1. The smallest absolute Gasteiger partial charge is 0.336 e. The summed E-state index contributed by atoms with van der Waals surface area (Å²) >= 11 is 0. The van der Waals surface area contributed by atoms with Crippen LogP contribution in [0.15, 0.2) is 40.7 Å². The maximum Gasteiger partial charge on any atom is 0.336 e. The highest BCUT2D eigenvalue weighted by molar-refractivity contribution is 6.03. The molecule has 0 aromatic heterocycles. The van der Waals surface area contributed by atoms with Gasteiger partial charge in [-0.3, -0.25) is 4.79 Å². The fourth-order valence-electron chi connectivity index (χ4n) is 3.98. The summed E-state index contributed by atoms with van der Waals surface area (Å²) in [5, 5.41) is 13.4. The van der Waals surface area contributed by atoms with Crippen molar-refractivity contribution in [3.8, 4) is 11.5 Å². The van der Waals surface area contributed by atoms with Crippen molar-refractivity contribution in [2.45, 2.75) is 46.0 Å². The third kappa shape index (κ3) is 4.51. The summed E-state index contributed by atoms with van der Waals surface area (Å²) in [6.07, 6.45) is 1.97. The molecule has 1 aromatic rings. The van der Waals surface area contributed by atoms with E-state index in [1.165, 1.54) is 6.07 Å². The first-order valence-corrected chi connectivity index (χ1v) is 10.4. The van der Waals surface area contributed by atoms with Gasteiger partial charge in [-0.1, -0.05) is 6.07 Å². The number of nitrogens with one attached hydrogen (secondary N) is 1. The lowest BCUT2D eigenvalue weighted by molar-refractivity contribution is -0.140. The Labute approximate surface area is 176 Å². The average molecular weight is 415 g/mol. The second-order valence-corrected chi connectivity index (χ2v) is 7.26. The lowest BCUT2D eigenvalue weighted by Gasteiger charge is -2.34. The fourth-order valence-corrected chi connectivity index (χ4v) is 3.98. The van der Waals surface area contributed by atoms with E-state index in [0.29, 0.717) is 54.4 Å². The standard InChI is InChI=1S/C23H29NO6/c1-4-28-11-12-30-23(27)20-14(3)24-16-7-6-8-18(26)22(16)21(20)15-9-10-17(25)19(13-15)29-5-2/h9-10,13,21,24-25H,4-8,11-12H2,1-3H3. The number of allylic oxidation sites excluding steroid dienone is 3. The van der Waals surface area contributed by atoms with Crippen molar-refractivity contribution in [3.05, 3.63) is 46.3 Å². The Hall–Kier alpha value is -2.80. The maximum absolute atomic E-state index is 13.0. The topological polar surface area (TPSA) is 94.1 Å². The first-order valence-electron chi connectivity index (χ1n) is 10.4. The van der Waals surface area contributed by atoms with Crippen LogP contribution in [0.3, 0.4) is 0 Å². The number of benzene rings is 1. The van der Waals surface area contributed by atoms with Crippen molar-refractivity contribution in [1.82, 2.24) is 5.32 Å². The number of hydrogen-bond donors (Lipinski definition) is 2. The molecule has 0 fully saturated rings. The Morgan fingerprint density at radius 1 is 1.20 bits per heavy atom. The second-order valence-electron chi connectivity index (χ2n) is 7.26. The quantitative estimate of drug-likeness (QED) is 0.497. The molecule has 1 unspecified atom stereocenters. The highest BCUT2D eigenvalue weighted by atomic mass is 16.6. The van der Waals surface area contributed by atoms with E-state index in [0.717, 1.165) is 18.5 Å². The van der Waals surface area contributed by atoms with Crippen molar-refractivity contribution in [2.75, 3.05) is 26.4 Å². The van der Waals surface area contributed by atoms with Crippen LogP contribution in [0.25, 0.3) is 0 Å². The van der Waals surface area contributed by atoms with Crippen LogP contribution in [0.1, 0.15) is 51.5 Å². The summed E-state index contributed by atoms with van der Waals surface area (Å²) in [7, 11) is 0. The number of hydrogen-bond acceptors (Lipinski definition) is 7. The molecule has 0 saturated carbocycles. The van der Waals surface area contributed by atoms with Crippen LogP contribution in [0.5, 0.6) is 11.5 Å². The predicted octanol–water partition coefficient (Wildman–Crippen LogP) is 3.34. The van der Waals surface area contributed by atoms with Crippen LogP contribution in [-0.2, 0) is 19.1 Å². The predicted molar refractivity (Wildman–Crippen MR) is 111 cm³/mol. The summed E-state index contributed by atoms with van der Waals surface area (Å²) in [6, 6.07) is 4.95. The lowest BCUT2D eigenvalue weighted by Crippen LogP contribution is -2.34. The van der Waals surface area contributed by atoms with Crippen molar-refractivity contribution in [2.24, 2.45) is 0 Å². The van der Waals surface area contributed by atoms with Crippen LogP contribution in [0.4, 0.5) is 0 Å². The molecule has 3 rings (SSSR count). The van der Waals surface area contributed by atoms with E-state index < -0.39 is 11.9 Å². The number of carbonyl (C=O) groups excluding carboxylic acids is 2. The highest BCUT2D eigenvalue weighted by Crippen LogP contribution is 2.44. The number of dihydropyridines is 1. The largest absolute Gasteiger partial charge is 0.504 e. The molecule has 1 heterocycles. The van der Waals surface area contributed by atoms with Gasteiger partial charge in [0, 0.05) is 35.9 Å². The number of Topliss-reactive ketones (excluding diaryl/α,β-unsaturated/α-hetero) is 1. The molecule has 7 heteroatoms. The summed E-state index contributed by atoms with van der Waals surface area (Å²) in [5.74, 6) is -0.707. The molecule has 7 nitrogen and oxygen atoms in total. The Kier molecular flexibility index (Phi) is 7.15. The van der Waals surface area contributed by atoms with Gasteiger partial charge in [0.15, 0.2) is 17.3 Å². The van der Waals surface area contributed by atoms with E-state index >= 15 is 0 Å². The minimum absolute atomic E-state index is 0.0141. The Bertz CT molecular complexity index is 886. The van der Waals surface area contributed by atoms with Gasteiger partial charge in [0.25, 0.3) is 0 Å². The molecule has 2 N–H and O–H groups in total. The monoisotopic (exact) mass is 415 g/mol. The second kappa shape index (κ2) is 9.80. The summed E-state index contributed by atoms with van der Waals surface area (Å²) in [6.45, 7) is 6.90. The highest BCUT2D eigenvalue weighted by Gasteiger charge is 2.39. The average Bonchev–Trinajstić information content (AvgIpc) is 2.72. The normalized spacial score (nSPS) is 18.8. The molecule has 1 aromatic carbocycles. The molecule has 0 radical (unpaired) electrons. The van der Waals surface area contributed by atoms with Gasteiger partial charge in [0.2, 0.25) is 0 Å². The Morgan fingerprint density at radius 3 is 2.73 bits per heavy atom. The van der Waals surface area contributed by atoms with Gasteiger partial charge in [-0.25, -0.2) is 4.79 Å². The molecule has 1 aliphatic carbocycles. The van der Waals surface area contributed by atoms with E-state index in [1.54, 1.807) is 12.1 Å². The summed E-state index contributed by atoms with van der Waals surface area (Å²) in [5.41, 5.74) is 3.22. The van der Waals surface area contributed by atoms with Crippen molar-refractivity contribution < 1.29 is 28.9 Å². The molecule has 162 valence electrons. The molecule has 0 bridgehead atoms. The SMILES string of the molecule is CCOCCOC(=O)C1=C(C)NC2=C(C(=O)CCC2)C1c1ccc(O)c(OCC)c1. The third-order valence-electron chi connectivity index (χ3n) is 5.28. The van der Waals surface area contributed by atoms with Gasteiger partial charge in [0.05, 0.1) is 18.8 Å². The number of carbonyl (C=O) groups is 2. The molecule has 1 atom stereocenters. The number of phenolic OH excluding ortho intramolecular Hbond substituents is 1. The van der Waals surface area contributed by atoms with Gasteiger partial charge in [-0.15, -0.1) is 0 Å². The lowest BCUT2D eigenvalue weighted by atomic mass is 9.75. The van der Waals surface area contributed by atoms with Crippen LogP contribution < -0.4 is 10.1 Å². The Balaban J connectivity index is 2.03. The van der Waals surface area contributed by atoms with Crippen LogP contribution in [0.2, 0.25) is 0 Å². The van der Waals surface area contributed by atoms with Gasteiger partial charge >= 0.3 is 5.97 Å². The molecular weight excluding hydrogens is 386 g/mol.